The van der Waals surface area contributed by atoms with Crippen LogP contribution in [0.15, 0.2) is 66.9 Å². The summed E-state index contributed by atoms with van der Waals surface area (Å²) >= 11 is 0. The largest absolute Gasteiger partial charge is 0.482 e. The Bertz CT molecular complexity index is 1120. The first-order valence-electron chi connectivity index (χ1n) is 10.5. The highest BCUT2D eigenvalue weighted by Gasteiger charge is 2.19. The Morgan fingerprint density at radius 3 is 2.62 bits per heavy atom. The number of ether oxygens (including phenoxy) is 1. The normalized spacial score (nSPS) is 14.0. The van der Waals surface area contributed by atoms with Crippen molar-refractivity contribution in [1.82, 2.24) is 9.88 Å². The van der Waals surface area contributed by atoms with Crippen molar-refractivity contribution < 1.29 is 14.6 Å². The number of aliphatic carboxylic acids is 1. The molecule has 1 aliphatic rings. The van der Waals surface area contributed by atoms with Gasteiger partial charge in [0.1, 0.15) is 11.6 Å². The summed E-state index contributed by atoms with van der Waals surface area (Å²) in [6.45, 7) is 3.84. The lowest BCUT2D eigenvalue weighted by Crippen LogP contribution is -2.46. The number of pyridine rings is 1. The van der Waals surface area contributed by atoms with Crippen LogP contribution in [0.4, 0.5) is 5.82 Å². The van der Waals surface area contributed by atoms with Gasteiger partial charge in [-0.25, -0.2) is 9.78 Å². The number of hydrogen-bond acceptors (Lipinski definition) is 6. The van der Waals surface area contributed by atoms with Gasteiger partial charge >= 0.3 is 5.97 Å². The Labute approximate surface area is 187 Å². The summed E-state index contributed by atoms with van der Waals surface area (Å²) in [5.74, 6) is 0.503. The number of piperazine rings is 1. The highest BCUT2D eigenvalue weighted by molar-refractivity contribution is 5.71. The van der Waals surface area contributed by atoms with Crippen molar-refractivity contribution in [3.63, 3.8) is 0 Å². The second-order valence-electron chi connectivity index (χ2n) is 7.65. The van der Waals surface area contributed by atoms with Crippen LogP contribution in [0, 0.1) is 11.3 Å². The molecular weight excluding hydrogens is 404 g/mol. The number of aromatic nitrogens is 1. The van der Waals surface area contributed by atoms with Gasteiger partial charge in [0.2, 0.25) is 0 Å². The van der Waals surface area contributed by atoms with Crippen LogP contribution in [0.25, 0.3) is 11.1 Å². The van der Waals surface area contributed by atoms with Gasteiger partial charge in [-0.3, -0.25) is 4.90 Å². The maximum absolute atomic E-state index is 10.9. The molecule has 3 aromatic rings. The number of benzene rings is 2. The first-order chi connectivity index (χ1) is 15.6. The molecule has 0 unspecified atom stereocenters. The summed E-state index contributed by atoms with van der Waals surface area (Å²) in [6, 6.07) is 21.3. The van der Waals surface area contributed by atoms with Crippen LogP contribution in [-0.2, 0) is 11.3 Å². The summed E-state index contributed by atoms with van der Waals surface area (Å²) in [5.41, 5.74) is 3.60. The van der Waals surface area contributed by atoms with E-state index in [-0.39, 0.29) is 6.61 Å². The van der Waals surface area contributed by atoms with Crippen molar-refractivity contribution in [3.05, 3.63) is 78.0 Å². The van der Waals surface area contributed by atoms with Gasteiger partial charge in [0.25, 0.3) is 0 Å². The minimum atomic E-state index is -1.01. The first-order valence-corrected chi connectivity index (χ1v) is 10.5. The molecule has 0 bridgehead atoms. The van der Waals surface area contributed by atoms with E-state index >= 15 is 0 Å². The summed E-state index contributed by atoms with van der Waals surface area (Å²) in [7, 11) is 0. The van der Waals surface area contributed by atoms with Gasteiger partial charge in [0.15, 0.2) is 6.61 Å². The van der Waals surface area contributed by atoms with Crippen LogP contribution in [0.5, 0.6) is 5.75 Å². The molecule has 0 atom stereocenters. The van der Waals surface area contributed by atoms with E-state index in [4.69, 9.17) is 9.84 Å². The Morgan fingerprint density at radius 2 is 1.91 bits per heavy atom. The van der Waals surface area contributed by atoms with Crippen molar-refractivity contribution in [2.45, 2.75) is 6.54 Å². The average Bonchev–Trinajstić information content (AvgIpc) is 2.84. The van der Waals surface area contributed by atoms with E-state index in [1.54, 1.807) is 12.1 Å². The summed E-state index contributed by atoms with van der Waals surface area (Å²) in [5, 5.41) is 18.2. The number of rotatable bonds is 7. The van der Waals surface area contributed by atoms with Crippen LogP contribution < -0.4 is 9.64 Å². The number of hydrogen-bond donors (Lipinski definition) is 1. The molecule has 1 aromatic heterocycles. The van der Waals surface area contributed by atoms with Crippen LogP contribution in [0.1, 0.15) is 11.1 Å². The maximum Gasteiger partial charge on any atom is 0.341 e. The Kier molecular flexibility index (Phi) is 6.63. The number of anilines is 1. The standard InChI is InChI=1S/C25H24N4O3/c26-16-19-4-3-5-20(14-19)23-8-7-22(32-18-25(30)31)15-21(23)17-28-10-12-29(13-11-28)24-6-1-2-9-27-24/h1-9,14-15H,10-13,17-18H2,(H,30,31). The molecule has 162 valence electrons. The third kappa shape index (κ3) is 5.23. The SMILES string of the molecule is N#Cc1cccc(-c2ccc(OCC(=O)O)cc2CN2CCN(c3ccccn3)CC2)c1. The Hall–Kier alpha value is -3.89. The topological polar surface area (TPSA) is 89.7 Å². The van der Waals surface area contributed by atoms with E-state index in [0.717, 1.165) is 48.7 Å². The van der Waals surface area contributed by atoms with Gasteiger partial charge in [0.05, 0.1) is 11.6 Å². The monoisotopic (exact) mass is 428 g/mol. The van der Waals surface area contributed by atoms with Crippen LogP contribution in [0.3, 0.4) is 0 Å². The predicted octanol–water partition coefficient (Wildman–Crippen LogP) is 3.41. The summed E-state index contributed by atoms with van der Waals surface area (Å²) in [6.07, 6.45) is 1.81. The zero-order valence-electron chi connectivity index (χ0n) is 17.6. The first kappa shape index (κ1) is 21.3. The van der Waals surface area contributed by atoms with Crippen LogP contribution in [-0.4, -0.2) is 53.7 Å². The minimum absolute atomic E-state index is 0.383. The lowest BCUT2D eigenvalue weighted by molar-refractivity contribution is -0.139. The highest BCUT2D eigenvalue weighted by atomic mass is 16.5. The smallest absolute Gasteiger partial charge is 0.341 e. The number of nitrogens with zero attached hydrogens (tertiary/aromatic N) is 4. The Balaban J connectivity index is 1.54. The molecule has 1 saturated heterocycles. The van der Waals surface area contributed by atoms with E-state index in [0.29, 0.717) is 17.9 Å². The molecule has 0 aliphatic carbocycles. The zero-order chi connectivity index (χ0) is 22.3. The van der Waals surface area contributed by atoms with Crippen LogP contribution in [0.2, 0.25) is 0 Å². The number of carboxylic acids is 1. The van der Waals surface area contributed by atoms with Crippen molar-refractivity contribution in [1.29, 1.82) is 5.26 Å². The third-order valence-electron chi connectivity index (χ3n) is 5.48. The molecule has 32 heavy (non-hydrogen) atoms. The lowest BCUT2D eigenvalue weighted by atomic mass is 9.97. The quantitative estimate of drug-likeness (QED) is 0.617. The molecule has 2 aromatic carbocycles. The molecule has 4 rings (SSSR count). The van der Waals surface area contributed by atoms with Crippen molar-refractivity contribution >= 4 is 11.8 Å². The van der Waals surface area contributed by atoms with Gasteiger partial charge in [-0.15, -0.1) is 0 Å². The minimum Gasteiger partial charge on any atom is -0.482 e. The van der Waals surface area contributed by atoms with Gasteiger partial charge in [-0.05, 0) is 53.1 Å². The Morgan fingerprint density at radius 1 is 1.06 bits per heavy atom. The fraction of sp³-hybridized carbons (Fsp3) is 0.240. The van der Waals surface area contributed by atoms with Crippen molar-refractivity contribution in [3.8, 4) is 22.9 Å². The number of carbonyl (C=O) groups is 1. The van der Waals surface area contributed by atoms with Gasteiger partial charge in [-0.1, -0.05) is 24.3 Å². The number of nitriles is 1. The molecule has 1 fully saturated rings. The second-order valence-corrected chi connectivity index (χ2v) is 7.65. The molecule has 0 radical (unpaired) electrons. The molecule has 7 heteroatoms. The maximum atomic E-state index is 10.9. The van der Waals surface area contributed by atoms with E-state index in [1.165, 1.54) is 0 Å². The summed E-state index contributed by atoms with van der Waals surface area (Å²) in [4.78, 5) is 20.0. The molecular formula is C25H24N4O3. The highest BCUT2D eigenvalue weighted by Crippen LogP contribution is 2.30. The van der Waals surface area contributed by atoms with Gasteiger partial charge in [0, 0.05) is 38.9 Å². The van der Waals surface area contributed by atoms with Crippen molar-refractivity contribution in [2.75, 3.05) is 37.7 Å². The molecule has 0 amide bonds. The van der Waals surface area contributed by atoms with Gasteiger partial charge < -0.3 is 14.7 Å². The summed E-state index contributed by atoms with van der Waals surface area (Å²) < 4.78 is 5.42. The van der Waals surface area contributed by atoms with E-state index < -0.39 is 5.97 Å². The van der Waals surface area contributed by atoms with Gasteiger partial charge in [-0.2, -0.15) is 5.26 Å². The van der Waals surface area contributed by atoms with Crippen molar-refractivity contribution in [2.24, 2.45) is 0 Å². The van der Waals surface area contributed by atoms with E-state index in [1.807, 2.05) is 54.7 Å². The third-order valence-corrected chi connectivity index (χ3v) is 5.48. The lowest BCUT2D eigenvalue weighted by Gasteiger charge is -2.35. The average molecular weight is 428 g/mol. The second kappa shape index (κ2) is 9.94. The molecule has 7 nitrogen and oxygen atoms in total. The number of carboxylic acid groups (broad SMARTS) is 1. The van der Waals surface area contributed by atoms with Crippen LogP contribution >= 0.6 is 0 Å². The molecule has 1 N–H and O–H groups in total. The predicted molar refractivity (Wildman–Crippen MR) is 121 cm³/mol. The molecule has 1 aliphatic heterocycles. The fourth-order valence-corrected chi connectivity index (χ4v) is 3.89. The molecule has 2 heterocycles. The fourth-order valence-electron chi connectivity index (χ4n) is 3.89. The molecule has 0 saturated carbocycles. The molecule has 0 spiro atoms. The van der Waals surface area contributed by atoms with E-state index in [9.17, 15) is 10.1 Å². The van der Waals surface area contributed by atoms with E-state index in [2.05, 4.69) is 20.9 Å². The zero-order valence-corrected chi connectivity index (χ0v) is 17.6.